The quantitative estimate of drug-likeness (QED) is 0.286. The molecular weight excluding hydrogens is 526 g/mol. The molecule has 0 amide bonds. The van der Waals surface area contributed by atoms with Gasteiger partial charge in [0.05, 0.1) is 19.3 Å². The summed E-state index contributed by atoms with van der Waals surface area (Å²) in [5.41, 5.74) is 1.25. The van der Waals surface area contributed by atoms with E-state index in [1.54, 1.807) is 44.4 Å². The van der Waals surface area contributed by atoms with E-state index in [2.05, 4.69) is 40.0 Å². The number of nitrogens with one attached hydrogen (secondary N) is 1. The molecule has 14 nitrogen and oxygen atoms in total. The van der Waals surface area contributed by atoms with Crippen molar-refractivity contribution in [1.82, 2.24) is 39.9 Å². The third-order valence-electron chi connectivity index (χ3n) is 5.79. The molecule has 208 valence electrons. The highest BCUT2D eigenvalue weighted by atomic mass is 32.2. The number of nitrogens with zero attached hydrogens (tertiary/aromatic N) is 8. The molecule has 0 aliphatic heterocycles. The van der Waals surface area contributed by atoms with Gasteiger partial charge in [-0.15, -0.1) is 10.2 Å². The molecule has 0 saturated heterocycles. The van der Waals surface area contributed by atoms with Crippen LogP contribution < -0.4 is 9.46 Å². The summed E-state index contributed by atoms with van der Waals surface area (Å²) in [6, 6.07) is 4.50. The van der Waals surface area contributed by atoms with Crippen LogP contribution in [0.2, 0.25) is 0 Å². The Labute approximate surface area is 226 Å². The monoisotopic (exact) mass is 557 g/mol. The SMILES string of the molecule is COc1cccc(-c2nnc(NS(=O)(=O)[C@@H](C)[C@@H](OC(C)C)c3ncc(C)cn3)n2[C@H](C)c2noc(C)n2)n1. The minimum atomic E-state index is -4.12. The predicted molar refractivity (Wildman–Crippen MR) is 140 cm³/mol. The molecule has 0 unspecified atom stereocenters. The van der Waals surface area contributed by atoms with Gasteiger partial charge in [0.15, 0.2) is 17.5 Å². The zero-order chi connectivity index (χ0) is 28.3. The van der Waals surface area contributed by atoms with Gasteiger partial charge in [0.25, 0.3) is 0 Å². The summed E-state index contributed by atoms with van der Waals surface area (Å²) in [4.78, 5) is 17.4. The van der Waals surface area contributed by atoms with Crippen LogP contribution in [0, 0.1) is 13.8 Å². The van der Waals surface area contributed by atoms with Crippen molar-refractivity contribution in [2.45, 2.75) is 65.0 Å². The number of aromatic nitrogens is 8. The number of hydrogen-bond acceptors (Lipinski definition) is 12. The highest BCUT2D eigenvalue weighted by Gasteiger charge is 2.36. The molecule has 0 spiro atoms. The standard InChI is InChI=1S/C24H31N9O5S/c1-13(2)37-20(22-25-11-14(3)12-26-22)16(5)39(34,35)32-24-30-29-23(18-9-8-10-19(28-18)36-7)33(24)15(4)21-27-17(6)38-31-21/h8-13,15-16,20H,1-7H3,(H,30,32)/t15-,16+,20-/m1/s1. The van der Waals surface area contributed by atoms with E-state index in [0.29, 0.717) is 23.3 Å². The second-order valence-corrected chi connectivity index (χ2v) is 11.2. The highest BCUT2D eigenvalue weighted by molar-refractivity contribution is 7.93. The van der Waals surface area contributed by atoms with E-state index in [9.17, 15) is 8.42 Å². The Balaban J connectivity index is 1.75. The van der Waals surface area contributed by atoms with Crippen LogP contribution >= 0.6 is 0 Å². The minimum absolute atomic E-state index is 0.0652. The zero-order valence-corrected chi connectivity index (χ0v) is 23.5. The van der Waals surface area contributed by atoms with Crippen LogP contribution in [0.1, 0.15) is 62.9 Å². The van der Waals surface area contributed by atoms with Gasteiger partial charge in [0, 0.05) is 25.4 Å². The van der Waals surface area contributed by atoms with E-state index in [0.717, 1.165) is 5.56 Å². The van der Waals surface area contributed by atoms with E-state index >= 15 is 0 Å². The first-order valence-electron chi connectivity index (χ1n) is 12.2. The summed E-state index contributed by atoms with van der Waals surface area (Å²) in [6.45, 7) is 10.4. The molecule has 4 rings (SSSR count). The summed E-state index contributed by atoms with van der Waals surface area (Å²) in [5.74, 6) is 1.47. The Morgan fingerprint density at radius 3 is 2.33 bits per heavy atom. The van der Waals surface area contributed by atoms with Gasteiger partial charge in [0.1, 0.15) is 17.0 Å². The predicted octanol–water partition coefficient (Wildman–Crippen LogP) is 3.04. The highest BCUT2D eigenvalue weighted by Crippen LogP contribution is 2.31. The Kier molecular flexibility index (Phi) is 8.20. The first kappa shape index (κ1) is 28.0. The van der Waals surface area contributed by atoms with Crippen molar-refractivity contribution in [3.05, 3.63) is 53.7 Å². The molecule has 4 heterocycles. The topological polar surface area (TPSA) is 173 Å². The Bertz CT molecular complexity index is 1520. The number of anilines is 1. The lowest BCUT2D eigenvalue weighted by Crippen LogP contribution is -2.35. The fourth-order valence-corrected chi connectivity index (χ4v) is 4.85. The summed E-state index contributed by atoms with van der Waals surface area (Å²) in [5, 5.41) is 11.3. The molecule has 3 atom stereocenters. The van der Waals surface area contributed by atoms with Gasteiger partial charge < -0.3 is 14.0 Å². The Morgan fingerprint density at radius 2 is 1.72 bits per heavy atom. The molecule has 0 aliphatic carbocycles. The van der Waals surface area contributed by atoms with E-state index in [-0.39, 0.29) is 23.7 Å². The number of ether oxygens (including phenoxy) is 2. The molecular formula is C24H31N9O5S. The van der Waals surface area contributed by atoms with Crippen LogP contribution in [0.4, 0.5) is 5.95 Å². The summed E-state index contributed by atoms with van der Waals surface area (Å²) >= 11 is 0. The average Bonchev–Trinajstić information content (AvgIpc) is 3.53. The van der Waals surface area contributed by atoms with E-state index < -0.39 is 27.4 Å². The van der Waals surface area contributed by atoms with Crippen molar-refractivity contribution in [3.63, 3.8) is 0 Å². The number of methoxy groups -OCH3 is 1. The maximum Gasteiger partial charge on any atom is 0.240 e. The normalized spacial score (nSPS) is 14.3. The van der Waals surface area contributed by atoms with Crippen molar-refractivity contribution < 1.29 is 22.4 Å². The smallest absolute Gasteiger partial charge is 0.240 e. The molecule has 0 aromatic carbocycles. The summed E-state index contributed by atoms with van der Waals surface area (Å²) < 4.78 is 47.9. The number of hydrogen-bond donors (Lipinski definition) is 1. The maximum absolute atomic E-state index is 13.7. The number of rotatable bonds is 11. The first-order valence-corrected chi connectivity index (χ1v) is 13.8. The number of pyridine rings is 1. The van der Waals surface area contributed by atoms with E-state index in [1.165, 1.54) is 18.6 Å². The van der Waals surface area contributed by atoms with Crippen molar-refractivity contribution >= 4 is 16.0 Å². The lowest BCUT2D eigenvalue weighted by Gasteiger charge is -2.25. The molecule has 15 heteroatoms. The van der Waals surface area contributed by atoms with Crippen LogP contribution in [0.15, 0.2) is 35.1 Å². The van der Waals surface area contributed by atoms with Crippen LogP contribution in [0.3, 0.4) is 0 Å². The zero-order valence-electron chi connectivity index (χ0n) is 22.7. The van der Waals surface area contributed by atoms with Gasteiger partial charge >= 0.3 is 0 Å². The van der Waals surface area contributed by atoms with Gasteiger partial charge in [0.2, 0.25) is 27.7 Å². The van der Waals surface area contributed by atoms with Gasteiger partial charge in [-0.1, -0.05) is 11.2 Å². The molecule has 0 radical (unpaired) electrons. The van der Waals surface area contributed by atoms with Crippen LogP contribution in [-0.4, -0.2) is 66.7 Å². The summed E-state index contributed by atoms with van der Waals surface area (Å²) in [6.07, 6.45) is 2.00. The van der Waals surface area contributed by atoms with Crippen molar-refractivity contribution in [1.29, 1.82) is 0 Å². The summed E-state index contributed by atoms with van der Waals surface area (Å²) in [7, 11) is -2.62. The second-order valence-electron chi connectivity index (χ2n) is 9.21. The Morgan fingerprint density at radius 1 is 1.00 bits per heavy atom. The molecule has 4 aromatic heterocycles. The molecule has 0 saturated carbocycles. The second kappa shape index (κ2) is 11.4. The maximum atomic E-state index is 13.7. The van der Waals surface area contributed by atoms with E-state index in [1.807, 2.05) is 20.8 Å². The number of sulfonamides is 1. The Hall–Kier alpha value is -3.98. The first-order chi connectivity index (χ1) is 18.5. The lowest BCUT2D eigenvalue weighted by atomic mass is 10.2. The van der Waals surface area contributed by atoms with Crippen molar-refractivity contribution in [3.8, 4) is 17.4 Å². The number of aryl methyl sites for hydroxylation is 2. The van der Waals surface area contributed by atoms with Gasteiger partial charge in [-0.05, 0) is 46.2 Å². The molecule has 4 aromatic rings. The van der Waals surface area contributed by atoms with Crippen molar-refractivity contribution in [2.24, 2.45) is 0 Å². The lowest BCUT2D eigenvalue weighted by molar-refractivity contribution is 0.00152. The fourth-order valence-electron chi connectivity index (χ4n) is 3.76. The van der Waals surface area contributed by atoms with Crippen LogP contribution in [0.5, 0.6) is 5.88 Å². The average molecular weight is 558 g/mol. The van der Waals surface area contributed by atoms with E-state index in [4.69, 9.17) is 14.0 Å². The third-order valence-corrected chi connectivity index (χ3v) is 7.48. The third kappa shape index (κ3) is 6.20. The fraction of sp³-hybridized carbons (Fsp3) is 0.458. The van der Waals surface area contributed by atoms with Crippen molar-refractivity contribution in [2.75, 3.05) is 11.8 Å². The molecule has 1 N–H and O–H groups in total. The minimum Gasteiger partial charge on any atom is -0.481 e. The van der Waals surface area contributed by atoms with Crippen LogP contribution in [0.25, 0.3) is 11.5 Å². The molecule has 39 heavy (non-hydrogen) atoms. The van der Waals surface area contributed by atoms with Gasteiger partial charge in [-0.2, -0.15) is 4.98 Å². The molecule has 0 aliphatic rings. The molecule has 0 fully saturated rings. The van der Waals surface area contributed by atoms with Gasteiger partial charge in [-0.3, -0.25) is 9.29 Å². The largest absolute Gasteiger partial charge is 0.481 e. The molecule has 0 bridgehead atoms. The van der Waals surface area contributed by atoms with Crippen LogP contribution in [-0.2, 0) is 14.8 Å². The van der Waals surface area contributed by atoms with Gasteiger partial charge in [-0.25, -0.2) is 23.4 Å².